The molecule has 196 valence electrons. The lowest BCUT2D eigenvalue weighted by atomic mass is 9.88. The summed E-state index contributed by atoms with van der Waals surface area (Å²) in [5, 5.41) is 0. The van der Waals surface area contributed by atoms with Gasteiger partial charge in [-0.3, -0.25) is 19.2 Å². The van der Waals surface area contributed by atoms with E-state index in [-0.39, 0.29) is 23.0 Å². The Balaban J connectivity index is 2.30. The van der Waals surface area contributed by atoms with Crippen molar-refractivity contribution in [2.75, 3.05) is 0 Å². The van der Waals surface area contributed by atoms with E-state index in [1.807, 2.05) is 37.3 Å². The lowest BCUT2D eigenvalue weighted by Crippen LogP contribution is -2.08. The summed E-state index contributed by atoms with van der Waals surface area (Å²) < 4.78 is 21.2. The molecule has 3 rings (SSSR count). The molecule has 0 aromatic heterocycles. The normalized spacial score (nSPS) is 11.2. The van der Waals surface area contributed by atoms with Gasteiger partial charge >= 0.3 is 23.9 Å². The first-order valence-electron chi connectivity index (χ1n) is 11.9. The van der Waals surface area contributed by atoms with Crippen LogP contribution in [0.5, 0.6) is 23.0 Å². The highest BCUT2D eigenvalue weighted by atomic mass is 16.6. The van der Waals surface area contributed by atoms with Crippen molar-refractivity contribution in [3.05, 3.63) is 83.4 Å². The summed E-state index contributed by atoms with van der Waals surface area (Å²) in [6, 6.07) is 19.5. The zero-order chi connectivity index (χ0) is 27.8. The molecule has 38 heavy (non-hydrogen) atoms. The van der Waals surface area contributed by atoms with Crippen LogP contribution in [0.25, 0.3) is 11.1 Å². The SMILES string of the molecule is CC/C(=C(\c1ccccc1)c1ccc(OC(C)=O)c(OC(C)=O)c1)c1ccc(OC(C)=O)c(OC(C)=O)c1. The topological polar surface area (TPSA) is 105 Å². The highest BCUT2D eigenvalue weighted by Gasteiger charge is 2.19. The Morgan fingerprint density at radius 2 is 0.947 bits per heavy atom. The first-order chi connectivity index (χ1) is 18.1. The fourth-order valence-corrected chi connectivity index (χ4v) is 3.95. The molecule has 3 aromatic rings. The van der Waals surface area contributed by atoms with Gasteiger partial charge in [0.1, 0.15) is 0 Å². The van der Waals surface area contributed by atoms with Gasteiger partial charge in [0, 0.05) is 27.7 Å². The molecule has 0 saturated carbocycles. The van der Waals surface area contributed by atoms with Crippen molar-refractivity contribution in [3.8, 4) is 23.0 Å². The Hall–Kier alpha value is -4.72. The van der Waals surface area contributed by atoms with Crippen LogP contribution < -0.4 is 18.9 Å². The van der Waals surface area contributed by atoms with Gasteiger partial charge in [-0.15, -0.1) is 0 Å². The number of hydrogen-bond donors (Lipinski definition) is 0. The van der Waals surface area contributed by atoms with E-state index >= 15 is 0 Å². The van der Waals surface area contributed by atoms with Gasteiger partial charge in [-0.2, -0.15) is 0 Å². The summed E-state index contributed by atoms with van der Waals surface area (Å²) in [6.07, 6.45) is 0.561. The average molecular weight is 517 g/mol. The van der Waals surface area contributed by atoms with E-state index in [0.29, 0.717) is 12.0 Å². The van der Waals surface area contributed by atoms with Crippen LogP contribution in [-0.4, -0.2) is 23.9 Å². The van der Waals surface area contributed by atoms with Gasteiger partial charge < -0.3 is 18.9 Å². The third-order valence-electron chi connectivity index (χ3n) is 5.26. The Morgan fingerprint density at radius 1 is 0.526 bits per heavy atom. The fraction of sp³-hybridized carbons (Fsp3) is 0.200. The Kier molecular flexibility index (Phi) is 9.16. The molecular formula is C30H28O8. The van der Waals surface area contributed by atoms with Crippen molar-refractivity contribution >= 4 is 35.0 Å². The summed E-state index contributed by atoms with van der Waals surface area (Å²) in [5.74, 6) is -1.79. The molecule has 0 radical (unpaired) electrons. The molecule has 0 aliphatic heterocycles. The maximum atomic E-state index is 11.8. The maximum Gasteiger partial charge on any atom is 0.308 e. The standard InChI is InChI=1S/C30H28O8/c1-6-25(23-12-14-26(35-18(2)31)28(16-23)37-20(4)33)30(22-10-8-7-9-11-22)24-13-15-27(36-19(3)32)29(17-24)38-21(5)34/h7-17H,6H2,1-5H3/b30-25-. The van der Waals surface area contributed by atoms with Gasteiger partial charge in [-0.05, 0) is 58.5 Å². The molecule has 3 aromatic carbocycles. The summed E-state index contributed by atoms with van der Waals surface area (Å²) in [4.78, 5) is 46.7. The van der Waals surface area contributed by atoms with Crippen molar-refractivity contribution in [1.29, 1.82) is 0 Å². The van der Waals surface area contributed by atoms with Crippen LogP contribution in [-0.2, 0) is 19.2 Å². The van der Waals surface area contributed by atoms with Crippen LogP contribution in [0.2, 0.25) is 0 Å². The van der Waals surface area contributed by atoms with Crippen LogP contribution in [0.3, 0.4) is 0 Å². The van der Waals surface area contributed by atoms with Gasteiger partial charge in [0.25, 0.3) is 0 Å². The Bertz CT molecular complexity index is 1400. The van der Waals surface area contributed by atoms with Gasteiger partial charge in [0.15, 0.2) is 23.0 Å². The van der Waals surface area contributed by atoms with Gasteiger partial charge in [-0.25, -0.2) is 0 Å². The number of benzene rings is 3. The molecule has 0 saturated heterocycles. The second-order valence-corrected chi connectivity index (χ2v) is 8.27. The number of ether oxygens (including phenoxy) is 4. The monoisotopic (exact) mass is 516 g/mol. The second kappa shape index (κ2) is 12.5. The van der Waals surface area contributed by atoms with Gasteiger partial charge in [0.2, 0.25) is 0 Å². The molecule has 0 spiro atoms. The summed E-state index contributed by atoms with van der Waals surface area (Å²) in [7, 11) is 0. The van der Waals surface area contributed by atoms with Crippen LogP contribution in [0.1, 0.15) is 57.7 Å². The summed E-state index contributed by atoms with van der Waals surface area (Å²) in [5.41, 5.74) is 3.96. The molecule has 8 nitrogen and oxygen atoms in total. The Morgan fingerprint density at radius 3 is 1.39 bits per heavy atom. The Labute approximate surface area is 220 Å². The van der Waals surface area contributed by atoms with Crippen molar-refractivity contribution in [1.82, 2.24) is 0 Å². The summed E-state index contributed by atoms with van der Waals surface area (Å²) >= 11 is 0. The molecule has 0 amide bonds. The highest BCUT2D eigenvalue weighted by Crippen LogP contribution is 2.40. The third-order valence-corrected chi connectivity index (χ3v) is 5.26. The number of esters is 4. The minimum atomic E-state index is -0.566. The van der Waals surface area contributed by atoms with E-state index in [4.69, 9.17) is 18.9 Å². The number of rotatable bonds is 8. The molecule has 0 N–H and O–H groups in total. The van der Waals surface area contributed by atoms with E-state index < -0.39 is 23.9 Å². The predicted molar refractivity (Wildman–Crippen MR) is 141 cm³/mol. The van der Waals surface area contributed by atoms with Crippen LogP contribution >= 0.6 is 0 Å². The number of hydrogen-bond acceptors (Lipinski definition) is 8. The highest BCUT2D eigenvalue weighted by molar-refractivity contribution is 5.99. The number of carbonyl (C=O) groups is 4. The maximum absolute atomic E-state index is 11.8. The zero-order valence-corrected chi connectivity index (χ0v) is 21.8. The predicted octanol–water partition coefficient (Wildman–Crippen LogP) is 5.76. The van der Waals surface area contributed by atoms with Crippen LogP contribution in [0.15, 0.2) is 66.7 Å². The lowest BCUT2D eigenvalue weighted by Gasteiger charge is -2.19. The van der Waals surface area contributed by atoms with Crippen LogP contribution in [0.4, 0.5) is 0 Å². The number of allylic oxidation sites excluding steroid dienone is 1. The number of carbonyl (C=O) groups excluding carboxylic acids is 4. The fourth-order valence-electron chi connectivity index (χ4n) is 3.95. The molecule has 0 atom stereocenters. The lowest BCUT2D eigenvalue weighted by molar-refractivity contribution is -0.134. The van der Waals surface area contributed by atoms with E-state index in [0.717, 1.165) is 22.3 Å². The van der Waals surface area contributed by atoms with E-state index in [2.05, 4.69) is 0 Å². The third kappa shape index (κ3) is 7.16. The first-order valence-corrected chi connectivity index (χ1v) is 11.9. The molecule has 8 heteroatoms. The van der Waals surface area contributed by atoms with E-state index in [1.54, 1.807) is 36.4 Å². The van der Waals surface area contributed by atoms with Crippen molar-refractivity contribution < 1.29 is 38.1 Å². The molecule has 0 heterocycles. The minimum Gasteiger partial charge on any atom is -0.423 e. The van der Waals surface area contributed by atoms with Gasteiger partial charge in [0.05, 0.1) is 0 Å². The molecule has 0 unspecified atom stereocenters. The van der Waals surface area contributed by atoms with E-state index in [9.17, 15) is 19.2 Å². The van der Waals surface area contributed by atoms with E-state index in [1.165, 1.54) is 27.7 Å². The molecule has 0 aliphatic rings. The van der Waals surface area contributed by atoms with Gasteiger partial charge in [-0.1, -0.05) is 49.4 Å². The largest absolute Gasteiger partial charge is 0.423 e. The smallest absolute Gasteiger partial charge is 0.308 e. The molecule has 0 aliphatic carbocycles. The second-order valence-electron chi connectivity index (χ2n) is 8.27. The van der Waals surface area contributed by atoms with Crippen LogP contribution in [0, 0.1) is 0 Å². The molecular weight excluding hydrogens is 488 g/mol. The van der Waals surface area contributed by atoms with Crippen molar-refractivity contribution in [3.63, 3.8) is 0 Å². The quantitative estimate of drug-likeness (QED) is 0.212. The van der Waals surface area contributed by atoms with Crippen molar-refractivity contribution in [2.24, 2.45) is 0 Å². The first kappa shape index (κ1) is 27.9. The average Bonchev–Trinajstić information content (AvgIpc) is 2.84. The molecule has 0 fully saturated rings. The molecule has 0 bridgehead atoms. The summed E-state index contributed by atoms with van der Waals surface area (Å²) in [6.45, 7) is 7.02. The minimum absolute atomic E-state index is 0.0971. The van der Waals surface area contributed by atoms with Crippen molar-refractivity contribution in [2.45, 2.75) is 41.0 Å². The zero-order valence-electron chi connectivity index (χ0n) is 21.8.